The molecular formula is C31H26BrF4N3O3. The van der Waals surface area contributed by atoms with Crippen LogP contribution in [0.2, 0.25) is 0 Å². The second-order valence-corrected chi connectivity index (χ2v) is 11.7. The number of rotatable bonds is 8. The number of carbonyl (C=O) groups excluding carboxylic acids is 1. The van der Waals surface area contributed by atoms with Gasteiger partial charge in [-0.1, -0.05) is 6.92 Å². The topological polar surface area (TPSA) is 73.3 Å². The van der Waals surface area contributed by atoms with Crippen molar-refractivity contribution in [2.75, 3.05) is 13.2 Å². The van der Waals surface area contributed by atoms with Crippen molar-refractivity contribution in [3.05, 3.63) is 81.1 Å². The number of fused-ring (bicyclic) bond motifs is 2. The van der Waals surface area contributed by atoms with E-state index in [1.165, 1.54) is 12.1 Å². The molecule has 1 unspecified atom stereocenters. The molecule has 6 nitrogen and oxygen atoms in total. The zero-order chi connectivity index (χ0) is 29.7. The maximum Gasteiger partial charge on any atom is 0.387 e. The molecule has 6 rings (SSSR count). The predicted octanol–water partition coefficient (Wildman–Crippen LogP) is 7.67. The van der Waals surface area contributed by atoms with Crippen LogP contribution in [0.4, 0.5) is 17.6 Å². The molecule has 42 heavy (non-hydrogen) atoms. The van der Waals surface area contributed by atoms with Crippen LogP contribution in [0.5, 0.6) is 11.5 Å². The molecule has 2 aromatic heterocycles. The van der Waals surface area contributed by atoms with Crippen LogP contribution in [0.1, 0.15) is 58.8 Å². The smallest absolute Gasteiger partial charge is 0.387 e. The first-order valence-electron chi connectivity index (χ1n) is 13.5. The maximum absolute atomic E-state index is 15.0. The van der Waals surface area contributed by atoms with E-state index in [0.717, 1.165) is 30.0 Å². The van der Waals surface area contributed by atoms with E-state index in [2.05, 4.69) is 31.0 Å². The van der Waals surface area contributed by atoms with E-state index in [1.54, 1.807) is 18.3 Å². The van der Waals surface area contributed by atoms with Crippen LogP contribution in [-0.2, 0) is 0 Å². The van der Waals surface area contributed by atoms with E-state index in [-0.39, 0.29) is 56.9 Å². The number of pyridine rings is 2. The molecule has 1 amide bonds. The summed E-state index contributed by atoms with van der Waals surface area (Å²) in [4.78, 5) is 22.4. The number of halogens is 5. The highest BCUT2D eigenvalue weighted by atomic mass is 79.9. The Morgan fingerprint density at radius 2 is 1.93 bits per heavy atom. The Morgan fingerprint density at radius 1 is 1.14 bits per heavy atom. The Bertz CT molecular complexity index is 1710. The van der Waals surface area contributed by atoms with Crippen molar-refractivity contribution < 1.29 is 31.8 Å². The summed E-state index contributed by atoms with van der Waals surface area (Å²) in [6.45, 7) is 1.36. The number of aromatic nitrogens is 2. The van der Waals surface area contributed by atoms with E-state index >= 15 is 0 Å². The van der Waals surface area contributed by atoms with E-state index in [9.17, 15) is 22.4 Å². The van der Waals surface area contributed by atoms with Crippen LogP contribution in [0.3, 0.4) is 0 Å². The van der Waals surface area contributed by atoms with Crippen LogP contribution < -0.4 is 14.8 Å². The molecule has 2 atom stereocenters. The number of carbonyl (C=O) groups is 1. The molecule has 1 aliphatic heterocycles. The van der Waals surface area contributed by atoms with Gasteiger partial charge in [-0.25, -0.2) is 13.8 Å². The van der Waals surface area contributed by atoms with Gasteiger partial charge in [0, 0.05) is 58.4 Å². The molecule has 1 aliphatic carbocycles. The van der Waals surface area contributed by atoms with Crippen LogP contribution in [0.15, 0.2) is 47.1 Å². The molecule has 0 saturated heterocycles. The van der Waals surface area contributed by atoms with Gasteiger partial charge < -0.3 is 14.8 Å². The third-order valence-corrected chi connectivity index (χ3v) is 8.32. The second kappa shape index (κ2) is 11.2. The lowest BCUT2D eigenvalue weighted by atomic mass is 9.93. The van der Waals surface area contributed by atoms with Crippen molar-refractivity contribution in [2.24, 2.45) is 5.92 Å². The summed E-state index contributed by atoms with van der Waals surface area (Å²) in [5.74, 6) is -1.58. The lowest BCUT2D eigenvalue weighted by molar-refractivity contribution is -0.0489. The lowest BCUT2D eigenvalue weighted by Gasteiger charge is -2.20. The van der Waals surface area contributed by atoms with E-state index < -0.39 is 24.2 Å². The summed E-state index contributed by atoms with van der Waals surface area (Å²) in [6, 6.07) is 8.71. The van der Waals surface area contributed by atoms with Gasteiger partial charge in [0.05, 0.1) is 11.1 Å². The Hall–Kier alpha value is -3.73. The summed E-state index contributed by atoms with van der Waals surface area (Å²) in [6.07, 6.45) is 3.41. The number of hydrogen-bond donors (Lipinski definition) is 1. The van der Waals surface area contributed by atoms with Crippen LogP contribution >= 0.6 is 15.9 Å². The standard InChI is InChI=1S/C31H26BrF4N3O3/c1-14-5-17-6-18(7-26(42-31(35)36)27(17)37-11-14)30(40)38-12-21(16-3-4-16)25-9-19-15(2)13-41-29(19)28(39-25)20-8-22(32)24(34)10-23(20)33/h5-11,15-16,21,31H,3-4,12-13H2,1-2H3,(H,38,40)/t15?,21-/m0/s1. The van der Waals surface area contributed by atoms with E-state index in [1.807, 2.05) is 19.9 Å². The Kier molecular flexibility index (Phi) is 7.55. The van der Waals surface area contributed by atoms with Gasteiger partial charge in [0.1, 0.15) is 28.6 Å². The number of amides is 1. The fourth-order valence-electron chi connectivity index (χ4n) is 5.43. The molecule has 0 bridgehead atoms. The minimum Gasteiger partial charge on any atom is -0.490 e. The van der Waals surface area contributed by atoms with Gasteiger partial charge in [-0.05, 0) is 77.5 Å². The molecule has 0 spiro atoms. The summed E-state index contributed by atoms with van der Waals surface area (Å²) in [7, 11) is 0. The normalized spacial score (nSPS) is 16.8. The maximum atomic E-state index is 15.0. The van der Waals surface area contributed by atoms with Crippen molar-refractivity contribution in [2.45, 2.75) is 45.1 Å². The molecule has 4 aromatic rings. The van der Waals surface area contributed by atoms with E-state index in [4.69, 9.17) is 9.72 Å². The SMILES string of the molecule is Cc1cnc2c(OC(F)F)cc(C(=O)NC[C@H](c3cc4c(c(-c5cc(Br)c(F)cc5F)n3)OCC4C)C3CC3)cc2c1. The van der Waals surface area contributed by atoms with Crippen LogP contribution in [-0.4, -0.2) is 35.6 Å². The molecule has 218 valence electrons. The average molecular weight is 644 g/mol. The Labute approximate surface area is 247 Å². The number of ether oxygens (including phenoxy) is 2. The summed E-state index contributed by atoms with van der Waals surface area (Å²) >= 11 is 3.14. The molecule has 0 radical (unpaired) electrons. The molecule has 1 saturated carbocycles. The summed E-state index contributed by atoms with van der Waals surface area (Å²) in [5.41, 5.74) is 3.14. The zero-order valence-electron chi connectivity index (χ0n) is 22.7. The third-order valence-electron chi connectivity index (χ3n) is 7.71. The van der Waals surface area contributed by atoms with Crippen LogP contribution in [0.25, 0.3) is 22.2 Å². The third kappa shape index (κ3) is 5.54. The summed E-state index contributed by atoms with van der Waals surface area (Å²) in [5, 5.41) is 3.44. The zero-order valence-corrected chi connectivity index (χ0v) is 24.3. The number of aryl methyl sites for hydroxylation is 1. The highest BCUT2D eigenvalue weighted by Crippen LogP contribution is 2.47. The van der Waals surface area contributed by atoms with Crippen LogP contribution in [0, 0.1) is 24.5 Å². The number of hydrogen-bond acceptors (Lipinski definition) is 5. The van der Waals surface area contributed by atoms with Crippen molar-refractivity contribution in [1.82, 2.24) is 15.3 Å². The number of nitrogens with zero attached hydrogens (tertiary/aromatic N) is 2. The largest absolute Gasteiger partial charge is 0.490 e. The van der Waals surface area contributed by atoms with Gasteiger partial charge in [0.2, 0.25) is 0 Å². The molecule has 2 aliphatic rings. The van der Waals surface area contributed by atoms with Gasteiger partial charge in [0.25, 0.3) is 5.91 Å². The Balaban J connectivity index is 1.33. The Morgan fingerprint density at radius 3 is 2.67 bits per heavy atom. The highest BCUT2D eigenvalue weighted by molar-refractivity contribution is 9.10. The number of alkyl halides is 2. The molecule has 1 fully saturated rings. The molecule has 3 heterocycles. The van der Waals surface area contributed by atoms with Crippen molar-refractivity contribution in [1.29, 1.82) is 0 Å². The minimum absolute atomic E-state index is 0.0322. The minimum atomic E-state index is -3.08. The van der Waals surface area contributed by atoms with Crippen molar-refractivity contribution in [3.8, 4) is 22.8 Å². The first kappa shape index (κ1) is 28.4. The fourth-order valence-corrected chi connectivity index (χ4v) is 5.77. The van der Waals surface area contributed by atoms with Crippen molar-refractivity contribution >= 4 is 32.7 Å². The van der Waals surface area contributed by atoms with Gasteiger partial charge >= 0.3 is 6.61 Å². The first-order valence-corrected chi connectivity index (χ1v) is 14.3. The molecule has 2 aromatic carbocycles. The fraction of sp³-hybridized carbons (Fsp3) is 0.323. The molecular weight excluding hydrogens is 618 g/mol. The quantitative estimate of drug-likeness (QED) is 0.158. The van der Waals surface area contributed by atoms with Crippen molar-refractivity contribution in [3.63, 3.8) is 0 Å². The highest BCUT2D eigenvalue weighted by Gasteiger charge is 2.36. The lowest BCUT2D eigenvalue weighted by Crippen LogP contribution is -2.30. The first-order chi connectivity index (χ1) is 20.1. The summed E-state index contributed by atoms with van der Waals surface area (Å²) < 4.78 is 66.0. The monoisotopic (exact) mass is 643 g/mol. The molecule has 11 heteroatoms. The number of nitrogens with one attached hydrogen (secondary N) is 1. The predicted molar refractivity (Wildman–Crippen MR) is 152 cm³/mol. The number of benzene rings is 2. The van der Waals surface area contributed by atoms with E-state index in [0.29, 0.717) is 23.4 Å². The van der Waals surface area contributed by atoms with Gasteiger partial charge in [-0.3, -0.25) is 9.78 Å². The second-order valence-electron chi connectivity index (χ2n) is 10.9. The van der Waals surface area contributed by atoms with Gasteiger partial charge in [0.15, 0.2) is 5.75 Å². The molecule has 1 N–H and O–H groups in total. The van der Waals surface area contributed by atoms with Gasteiger partial charge in [-0.15, -0.1) is 0 Å². The van der Waals surface area contributed by atoms with Gasteiger partial charge in [-0.2, -0.15) is 8.78 Å². The average Bonchev–Trinajstić information content (AvgIpc) is 3.71.